The molecule has 0 saturated heterocycles. The first kappa shape index (κ1) is 30.8. The van der Waals surface area contributed by atoms with Gasteiger partial charge in [-0.15, -0.1) is 0 Å². The van der Waals surface area contributed by atoms with Gasteiger partial charge in [-0.05, 0) is 49.1 Å². The summed E-state index contributed by atoms with van der Waals surface area (Å²) in [5.41, 5.74) is 0.829. The van der Waals surface area contributed by atoms with Crippen LogP contribution in [0.2, 0.25) is 5.02 Å². The second-order valence-corrected chi connectivity index (χ2v) is 12.0. The highest BCUT2D eigenvalue weighted by atomic mass is 35.5. The molecule has 0 bridgehead atoms. The number of anilines is 1. The molecule has 1 heterocycles. The third kappa shape index (κ3) is 8.36. The van der Waals surface area contributed by atoms with Crippen LogP contribution in [0.5, 0.6) is 23.1 Å². The molecular formula is C27H33ClN4O7S. The summed E-state index contributed by atoms with van der Waals surface area (Å²) in [6, 6.07) is 11.2. The second kappa shape index (κ2) is 13.1. The number of halogens is 1. The van der Waals surface area contributed by atoms with Crippen molar-refractivity contribution in [1.29, 1.82) is 0 Å². The van der Waals surface area contributed by atoms with Crippen LogP contribution in [0.3, 0.4) is 0 Å². The molecule has 11 nitrogen and oxygen atoms in total. The summed E-state index contributed by atoms with van der Waals surface area (Å²) >= 11 is 6.33. The van der Waals surface area contributed by atoms with E-state index in [4.69, 9.17) is 30.5 Å². The fraction of sp³-hybridized carbons (Fsp3) is 0.370. The quantitative estimate of drug-likeness (QED) is 0.275. The number of amides is 1. The van der Waals surface area contributed by atoms with Crippen molar-refractivity contribution in [2.45, 2.75) is 51.0 Å². The van der Waals surface area contributed by atoms with Gasteiger partial charge in [0.2, 0.25) is 5.75 Å². The lowest BCUT2D eigenvalue weighted by molar-refractivity contribution is 0.121. The van der Waals surface area contributed by atoms with Crippen molar-refractivity contribution in [3.63, 3.8) is 0 Å². The van der Waals surface area contributed by atoms with Gasteiger partial charge in [0, 0.05) is 12.1 Å². The van der Waals surface area contributed by atoms with E-state index in [2.05, 4.69) is 20.0 Å². The molecule has 0 saturated carbocycles. The number of hydrogen-bond donors (Lipinski definition) is 2. The zero-order valence-electron chi connectivity index (χ0n) is 23.1. The first-order valence-corrected chi connectivity index (χ1v) is 14.2. The van der Waals surface area contributed by atoms with Crippen molar-refractivity contribution in [2.75, 3.05) is 25.0 Å². The number of carbonyl (C=O) groups excluding carboxylic acids is 1. The molecule has 1 amide bonds. The molecule has 2 N–H and O–H groups in total. The van der Waals surface area contributed by atoms with Gasteiger partial charge in [-0.2, -0.15) is 4.98 Å². The lowest BCUT2D eigenvalue weighted by Gasteiger charge is -2.19. The smallest absolute Gasteiger partial charge is 0.407 e. The predicted molar refractivity (Wildman–Crippen MR) is 151 cm³/mol. The number of aromatic nitrogens is 2. The molecule has 0 radical (unpaired) electrons. The van der Waals surface area contributed by atoms with E-state index in [1.54, 1.807) is 38.1 Å². The highest BCUT2D eigenvalue weighted by Gasteiger charge is 2.24. The molecule has 40 heavy (non-hydrogen) atoms. The summed E-state index contributed by atoms with van der Waals surface area (Å²) in [5, 5.41) is 2.81. The number of ether oxygens (including phenoxy) is 4. The molecule has 3 aromatic rings. The van der Waals surface area contributed by atoms with Gasteiger partial charge in [-0.25, -0.2) is 18.2 Å². The van der Waals surface area contributed by atoms with E-state index in [-0.39, 0.29) is 57.8 Å². The Labute approximate surface area is 239 Å². The maximum Gasteiger partial charge on any atom is 0.407 e. The Morgan fingerprint density at radius 1 is 1.05 bits per heavy atom. The van der Waals surface area contributed by atoms with Crippen LogP contribution < -0.4 is 24.2 Å². The zero-order valence-corrected chi connectivity index (χ0v) is 24.7. The van der Waals surface area contributed by atoms with Gasteiger partial charge in [0.25, 0.3) is 15.9 Å². The average molecular weight is 593 g/mol. The third-order valence-corrected chi connectivity index (χ3v) is 7.01. The summed E-state index contributed by atoms with van der Waals surface area (Å²) in [4.78, 5) is 20.0. The van der Waals surface area contributed by atoms with Crippen LogP contribution in [0.15, 0.2) is 53.7 Å². The summed E-state index contributed by atoms with van der Waals surface area (Å²) in [6.07, 6.45) is 0.509. The van der Waals surface area contributed by atoms with Gasteiger partial charge < -0.3 is 24.3 Å². The zero-order chi connectivity index (χ0) is 29.5. The highest BCUT2D eigenvalue weighted by Crippen LogP contribution is 2.40. The minimum Gasteiger partial charge on any atom is -0.497 e. The number of nitrogens with one attached hydrogen (secondary N) is 2. The molecule has 216 valence electrons. The van der Waals surface area contributed by atoms with Gasteiger partial charge in [-0.3, -0.25) is 4.72 Å². The molecule has 13 heteroatoms. The van der Waals surface area contributed by atoms with Crippen molar-refractivity contribution in [3.8, 4) is 23.1 Å². The van der Waals surface area contributed by atoms with Crippen LogP contribution >= 0.6 is 11.6 Å². The highest BCUT2D eigenvalue weighted by molar-refractivity contribution is 7.92. The second-order valence-electron chi connectivity index (χ2n) is 9.92. The minimum atomic E-state index is -4.09. The van der Waals surface area contributed by atoms with Crippen LogP contribution in [-0.4, -0.2) is 50.8 Å². The Kier molecular flexibility index (Phi) is 10.0. The van der Waals surface area contributed by atoms with Crippen molar-refractivity contribution >= 4 is 33.5 Å². The van der Waals surface area contributed by atoms with E-state index in [0.717, 1.165) is 11.9 Å². The number of hydrogen-bond acceptors (Lipinski definition) is 9. The van der Waals surface area contributed by atoms with Crippen LogP contribution in [-0.2, 0) is 20.2 Å². The number of sulfonamides is 1. The lowest BCUT2D eigenvalue weighted by atomic mass is 9.87. The Hall–Kier alpha value is -3.77. The van der Waals surface area contributed by atoms with Crippen LogP contribution in [0.1, 0.15) is 40.2 Å². The fourth-order valence-corrected chi connectivity index (χ4v) is 4.46. The predicted octanol–water partition coefficient (Wildman–Crippen LogP) is 5.54. The molecule has 3 rings (SSSR count). The summed E-state index contributed by atoms with van der Waals surface area (Å²) < 4.78 is 51.0. The van der Waals surface area contributed by atoms with E-state index >= 15 is 0 Å². The lowest BCUT2D eigenvalue weighted by Crippen LogP contribution is -2.31. The Morgan fingerprint density at radius 2 is 1.75 bits per heavy atom. The summed E-state index contributed by atoms with van der Waals surface area (Å²) in [6.45, 7) is 9.49. The van der Waals surface area contributed by atoms with E-state index in [1.165, 1.54) is 25.3 Å². The largest absolute Gasteiger partial charge is 0.497 e. The van der Waals surface area contributed by atoms with E-state index in [1.807, 2.05) is 20.8 Å². The first-order chi connectivity index (χ1) is 18.8. The molecule has 0 aliphatic rings. The number of carbonyl (C=O) groups is 1. The molecule has 1 aromatic heterocycles. The number of methoxy groups -OCH3 is 1. The van der Waals surface area contributed by atoms with Crippen molar-refractivity contribution in [1.82, 2.24) is 15.3 Å². The number of benzene rings is 2. The molecule has 0 unspecified atom stereocenters. The summed E-state index contributed by atoms with van der Waals surface area (Å²) in [7, 11) is -2.61. The van der Waals surface area contributed by atoms with Gasteiger partial charge in [0.15, 0.2) is 5.82 Å². The molecule has 0 aliphatic carbocycles. The third-order valence-electron chi connectivity index (χ3n) is 5.35. The Balaban J connectivity index is 1.92. The minimum absolute atomic E-state index is 0.0245. The van der Waals surface area contributed by atoms with Crippen LogP contribution in [0, 0.1) is 0 Å². The van der Waals surface area contributed by atoms with Crippen molar-refractivity contribution < 1.29 is 32.2 Å². The van der Waals surface area contributed by atoms with E-state index < -0.39 is 16.1 Å². The molecule has 0 aliphatic heterocycles. The van der Waals surface area contributed by atoms with Crippen molar-refractivity contribution in [2.24, 2.45) is 0 Å². The Morgan fingerprint density at radius 3 is 2.38 bits per heavy atom. The van der Waals surface area contributed by atoms with Gasteiger partial charge in [0.1, 0.15) is 31.0 Å². The van der Waals surface area contributed by atoms with Crippen LogP contribution in [0.4, 0.5) is 10.6 Å². The SMILES string of the molecule is COc1ccc(Cl)c(Oc2c(NS(=O)(=O)c3ccc(C(C)(C)C)cc3)ncnc2OCCOC(=O)NC(C)C)c1. The number of nitrogens with zero attached hydrogens (tertiary/aromatic N) is 2. The summed E-state index contributed by atoms with van der Waals surface area (Å²) in [5.74, 6) is 0.136. The number of alkyl carbamates (subject to hydrolysis) is 1. The van der Waals surface area contributed by atoms with Crippen molar-refractivity contribution in [3.05, 3.63) is 59.4 Å². The van der Waals surface area contributed by atoms with E-state index in [0.29, 0.717) is 5.75 Å². The van der Waals surface area contributed by atoms with Gasteiger partial charge in [0.05, 0.1) is 17.0 Å². The standard InChI is InChI=1S/C27H33ClN4O7S/c1-17(2)31-26(33)38-14-13-37-25-23(39-22-15-19(36-6)9-12-21(22)28)24(29-16-30-25)32-40(34,35)20-10-7-18(8-11-20)27(3,4)5/h7-12,15-17H,13-14H2,1-6H3,(H,31,33)(H,29,30,32). The van der Waals surface area contributed by atoms with Gasteiger partial charge >= 0.3 is 6.09 Å². The Bertz CT molecular complexity index is 1430. The average Bonchev–Trinajstić information content (AvgIpc) is 2.88. The van der Waals surface area contributed by atoms with Crippen LogP contribution in [0.25, 0.3) is 0 Å². The molecule has 2 aromatic carbocycles. The molecule has 0 spiro atoms. The normalized spacial score (nSPS) is 11.6. The topological polar surface area (TPSA) is 138 Å². The van der Waals surface area contributed by atoms with Gasteiger partial charge in [-0.1, -0.05) is 44.5 Å². The number of rotatable bonds is 11. The van der Waals surface area contributed by atoms with E-state index in [9.17, 15) is 13.2 Å². The molecule has 0 atom stereocenters. The molecule has 0 fully saturated rings. The monoisotopic (exact) mass is 592 g/mol. The first-order valence-electron chi connectivity index (χ1n) is 12.4. The maximum atomic E-state index is 13.3. The maximum absolute atomic E-state index is 13.3. The fourth-order valence-electron chi connectivity index (χ4n) is 3.29. The molecular weight excluding hydrogens is 560 g/mol.